The third-order valence-corrected chi connectivity index (χ3v) is 1.91. The number of imide groups is 1. The van der Waals surface area contributed by atoms with Gasteiger partial charge < -0.3 is 5.73 Å². The van der Waals surface area contributed by atoms with Crippen molar-refractivity contribution in [1.29, 1.82) is 0 Å². The van der Waals surface area contributed by atoms with Crippen molar-refractivity contribution in [3.63, 3.8) is 0 Å². The Morgan fingerprint density at radius 3 is 2.58 bits per heavy atom. The quantitative estimate of drug-likeness (QED) is 0.640. The van der Waals surface area contributed by atoms with Gasteiger partial charge in [-0.1, -0.05) is 0 Å². The second kappa shape index (κ2) is 6.02. The first-order chi connectivity index (χ1) is 5.57. The lowest BCUT2D eigenvalue weighted by molar-refractivity contribution is -0.130. The molecule has 0 aromatic heterocycles. The molecule has 4 nitrogen and oxygen atoms in total. The van der Waals surface area contributed by atoms with Crippen molar-refractivity contribution in [3.05, 3.63) is 0 Å². The SMILES string of the molecule is CSCC[C@H](N)C(=O)NC(C)=O. The van der Waals surface area contributed by atoms with E-state index in [-0.39, 0.29) is 5.91 Å². The molecule has 12 heavy (non-hydrogen) atoms. The molecular formula is C7H14N2O2S. The van der Waals surface area contributed by atoms with Crippen molar-refractivity contribution in [2.45, 2.75) is 19.4 Å². The number of rotatable bonds is 4. The van der Waals surface area contributed by atoms with Crippen molar-refractivity contribution in [2.75, 3.05) is 12.0 Å². The summed E-state index contributed by atoms with van der Waals surface area (Å²) < 4.78 is 0. The summed E-state index contributed by atoms with van der Waals surface area (Å²) in [4.78, 5) is 21.4. The van der Waals surface area contributed by atoms with Gasteiger partial charge in [0.15, 0.2) is 0 Å². The third kappa shape index (κ3) is 5.15. The van der Waals surface area contributed by atoms with Gasteiger partial charge >= 0.3 is 0 Å². The van der Waals surface area contributed by atoms with Crippen LogP contribution >= 0.6 is 11.8 Å². The summed E-state index contributed by atoms with van der Waals surface area (Å²) in [6, 6.07) is -0.568. The highest BCUT2D eigenvalue weighted by molar-refractivity contribution is 7.98. The Hall–Kier alpha value is -0.550. The average Bonchev–Trinajstić information content (AvgIpc) is 1.98. The normalized spacial score (nSPS) is 12.2. The minimum absolute atomic E-state index is 0.361. The molecule has 0 aromatic carbocycles. The van der Waals surface area contributed by atoms with E-state index < -0.39 is 11.9 Å². The third-order valence-electron chi connectivity index (χ3n) is 1.27. The smallest absolute Gasteiger partial charge is 0.243 e. The molecule has 1 atom stereocenters. The number of carbonyl (C=O) groups is 2. The fourth-order valence-electron chi connectivity index (χ4n) is 0.642. The Morgan fingerprint density at radius 2 is 2.17 bits per heavy atom. The van der Waals surface area contributed by atoms with E-state index in [2.05, 4.69) is 5.32 Å². The predicted octanol–water partition coefficient (Wildman–Crippen LogP) is -0.271. The van der Waals surface area contributed by atoms with E-state index in [9.17, 15) is 9.59 Å². The molecule has 2 amide bonds. The minimum atomic E-state index is -0.568. The summed E-state index contributed by atoms with van der Waals surface area (Å²) in [7, 11) is 0. The van der Waals surface area contributed by atoms with E-state index in [1.807, 2.05) is 6.26 Å². The lowest BCUT2D eigenvalue weighted by Gasteiger charge is -2.08. The molecule has 0 radical (unpaired) electrons. The monoisotopic (exact) mass is 190 g/mol. The number of nitrogens with one attached hydrogen (secondary N) is 1. The van der Waals surface area contributed by atoms with Crippen LogP contribution in [-0.2, 0) is 9.59 Å². The molecule has 70 valence electrons. The molecule has 0 fully saturated rings. The van der Waals surface area contributed by atoms with Crippen molar-refractivity contribution >= 4 is 23.6 Å². The van der Waals surface area contributed by atoms with Crippen LogP contribution in [0.25, 0.3) is 0 Å². The topological polar surface area (TPSA) is 72.2 Å². The van der Waals surface area contributed by atoms with Crippen LogP contribution < -0.4 is 11.1 Å². The van der Waals surface area contributed by atoms with E-state index in [0.29, 0.717) is 6.42 Å². The average molecular weight is 190 g/mol. The molecule has 0 rings (SSSR count). The van der Waals surface area contributed by atoms with Gasteiger partial charge in [-0.05, 0) is 18.4 Å². The van der Waals surface area contributed by atoms with Crippen molar-refractivity contribution in [1.82, 2.24) is 5.32 Å². The molecule has 5 heteroatoms. The molecule has 0 spiro atoms. The van der Waals surface area contributed by atoms with Crippen LogP contribution in [0.3, 0.4) is 0 Å². The number of amides is 2. The maximum Gasteiger partial charge on any atom is 0.243 e. The van der Waals surface area contributed by atoms with Crippen LogP contribution in [0.2, 0.25) is 0 Å². The molecule has 0 unspecified atom stereocenters. The Bertz CT molecular complexity index is 173. The van der Waals surface area contributed by atoms with Gasteiger partial charge in [0.2, 0.25) is 11.8 Å². The Balaban J connectivity index is 3.69. The van der Waals surface area contributed by atoms with Gasteiger partial charge in [0.1, 0.15) is 0 Å². The fourth-order valence-corrected chi connectivity index (χ4v) is 1.13. The van der Waals surface area contributed by atoms with Crippen LogP contribution in [0.1, 0.15) is 13.3 Å². The zero-order chi connectivity index (χ0) is 9.56. The van der Waals surface area contributed by atoms with E-state index in [1.165, 1.54) is 6.92 Å². The standard InChI is InChI=1S/C7H14N2O2S/c1-5(10)9-7(11)6(8)3-4-12-2/h6H,3-4,8H2,1-2H3,(H,9,10,11)/t6-/m0/s1. The van der Waals surface area contributed by atoms with Crippen LogP contribution in [0.15, 0.2) is 0 Å². The molecule has 0 bridgehead atoms. The van der Waals surface area contributed by atoms with Gasteiger partial charge in [-0.2, -0.15) is 11.8 Å². The van der Waals surface area contributed by atoms with Gasteiger partial charge in [0.05, 0.1) is 6.04 Å². The first kappa shape index (κ1) is 11.4. The fraction of sp³-hybridized carbons (Fsp3) is 0.714. The second-order valence-corrected chi connectivity index (χ2v) is 3.42. The summed E-state index contributed by atoms with van der Waals surface area (Å²) >= 11 is 1.62. The van der Waals surface area contributed by atoms with Gasteiger partial charge in [0, 0.05) is 6.92 Å². The maximum absolute atomic E-state index is 11.0. The molecule has 0 heterocycles. The van der Waals surface area contributed by atoms with Gasteiger partial charge in [-0.25, -0.2) is 0 Å². The predicted molar refractivity (Wildman–Crippen MR) is 49.8 cm³/mol. The molecule has 0 aliphatic heterocycles. The largest absolute Gasteiger partial charge is 0.320 e. The first-order valence-corrected chi connectivity index (χ1v) is 5.03. The highest BCUT2D eigenvalue weighted by Gasteiger charge is 2.13. The number of nitrogens with two attached hydrogens (primary N) is 1. The number of thioether (sulfide) groups is 1. The van der Waals surface area contributed by atoms with E-state index in [1.54, 1.807) is 11.8 Å². The van der Waals surface area contributed by atoms with Gasteiger partial charge in [-0.15, -0.1) is 0 Å². The lowest BCUT2D eigenvalue weighted by Crippen LogP contribution is -2.42. The van der Waals surface area contributed by atoms with Crippen LogP contribution in [-0.4, -0.2) is 29.9 Å². The lowest BCUT2D eigenvalue weighted by atomic mass is 10.2. The molecule has 0 saturated heterocycles. The van der Waals surface area contributed by atoms with Crippen LogP contribution in [0.5, 0.6) is 0 Å². The van der Waals surface area contributed by atoms with Gasteiger partial charge in [0.25, 0.3) is 0 Å². The summed E-state index contributed by atoms with van der Waals surface area (Å²) in [5.74, 6) is 0.0723. The van der Waals surface area contributed by atoms with E-state index in [0.717, 1.165) is 5.75 Å². The number of hydrogen-bond acceptors (Lipinski definition) is 4. The molecule has 3 N–H and O–H groups in total. The van der Waals surface area contributed by atoms with Gasteiger partial charge in [-0.3, -0.25) is 14.9 Å². The Labute approximate surface area is 76.3 Å². The summed E-state index contributed by atoms with van der Waals surface area (Å²) in [5, 5.41) is 2.14. The summed E-state index contributed by atoms with van der Waals surface area (Å²) in [5.41, 5.74) is 5.47. The summed E-state index contributed by atoms with van der Waals surface area (Å²) in [6.45, 7) is 1.29. The molecule has 0 aliphatic rings. The summed E-state index contributed by atoms with van der Waals surface area (Å²) in [6.07, 6.45) is 2.54. The van der Waals surface area contributed by atoms with E-state index >= 15 is 0 Å². The molecule has 0 saturated carbocycles. The maximum atomic E-state index is 11.0. The number of hydrogen-bond donors (Lipinski definition) is 2. The Kier molecular flexibility index (Phi) is 5.74. The molecular weight excluding hydrogens is 176 g/mol. The van der Waals surface area contributed by atoms with Crippen molar-refractivity contribution in [2.24, 2.45) is 5.73 Å². The molecule has 0 aliphatic carbocycles. The van der Waals surface area contributed by atoms with Crippen molar-refractivity contribution < 1.29 is 9.59 Å². The highest BCUT2D eigenvalue weighted by Crippen LogP contribution is 1.98. The number of carbonyl (C=O) groups excluding carboxylic acids is 2. The molecule has 0 aromatic rings. The zero-order valence-electron chi connectivity index (χ0n) is 7.29. The first-order valence-electron chi connectivity index (χ1n) is 3.64. The second-order valence-electron chi connectivity index (χ2n) is 2.43. The van der Waals surface area contributed by atoms with E-state index in [4.69, 9.17) is 5.73 Å². The van der Waals surface area contributed by atoms with Crippen LogP contribution in [0.4, 0.5) is 0 Å². The minimum Gasteiger partial charge on any atom is -0.320 e. The van der Waals surface area contributed by atoms with Crippen molar-refractivity contribution in [3.8, 4) is 0 Å². The highest BCUT2D eigenvalue weighted by atomic mass is 32.2. The van der Waals surface area contributed by atoms with Crippen LogP contribution in [0, 0.1) is 0 Å². The zero-order valence-corrected chi connectivity index (χ0v) is 8.11. The Morgan fingerprint density at radius 1 is 1.58 bits per heavy atom.